The van der Waals surface area contributed by atoms with Gasteiger partial charge in [0.15, 0.2) is 0 Å². The number of para-hydroxylation sites is 1. The van der Waals surface area contributed by atoms with Crippen LogP contribution < -0.4 is 10.2 Å². The maximum Gasteiger partial charge on any atom is 0.0415 e. The molecule has 1 saturated heterocycles. The Bertz CT molecular complexity index is 444. The zero-order chi connectivity index (χ0) is 15.4. The van der Waals surface area contributed by atoms with Crippen molar-refractivity contribution in [1.29, 1.82) is 0 Å². The lowest BCUT2D eigenvalue weighted by molar-refractivity contribution is 0.266. The molecule has 0 bridgehead atoms. The zero-order valence-electron chi connectivity index (χ0n) is 14.3. The lowest BCUT2D eigenvalue weighted by Gasteiger charge is -2.26. The third-order valence-electron chi connectivity index (χ3n) is 4.68. The fourth-order valence-electron chi connectivity index (χ4n) is 3.43. The van der Waals surface area contributed by atoms with Gasteiger partial charge in [0, 0.05) is 30.9 Å². The molecule has 3 heteroatoms. The van der Waals surface area contributed by atoms with E-state index < -0.39 is 0 Å². The fourth-order valence-corrected chi connectivity index (χ4v) is 3.43. The zero-order valence-corrected chi connectivity index (χ0v) is 14.3. The van der Waals surface area contributed by atoms with Crippen LogP contribution >= 0.6 is 0 Å². The van der Waals surface area contributed by atoms with Crippen molar-refractivity contribution in [2.75, 3.05) is 38.6 Å². The molecule has 0 saturated carbocycles. The Morgan fingerprint density at radius 3 is 2.62 bits per heavy atom. The number of rotatable bonds is 6. The van der Waals surface area contributed by atoms with Gasteiger partial charge in [0.1, 0.15) is 0 Å². The predicted octanol–water partition coefficient (Wildman–Crippen LogP) is 3.13. The Labute approximate surface area is 130 Å². The standard InChI is InChI=1S/C18H31N3/c1-6-11-19-15(3)16-9-7-8-10-17(16)21-12-14(2)18(13-21)20(4)5/h7-10,14-15,18-19H,6,11-13H2,1-5H3. The van der Waals surface area contributed by atoms with Crippen LogP contribution in [0, 0.1) is 5.92 Å². The van der Waals surface area contributed by atoms with Crippen molar-refractivity contribution in [2.24, 2.45) is 5.92 Å². The number of likely N-dealkylation sites (N-methyl/N-ethyl adjacent to an activating group) is 1. The first kappa shape index (κ1) is 16.3. The average molecular weight is 289 g/mol. The van der Waals surface area contributed by atoms with E-state index in [1.807, 2.05) is 0 Å². The second-order valence-electron chi connectivity index (χ2n) is 6.65. The minimum atomic E-state index is 0.412. The molecule has 0 spiro atoms. The maximum absolute atomic E-state index is 3.62. The molecule has 0 aliphatic carbocycles. The van der Waals surface area contributed by atoms with E-state index >= 15 is 0 Å². The molecule has 1 aliphatic heterocycles. The normalized spacial score (nSPS) is 23.8. The van der Waals surface area contributed by atoms with Crippen LogP contribution in [0.3, 0.4) is 0 Å². The highest BCUT2D eigenvalue weighted by Gasteiger charge is 2.32. The summed E-state index contributed by atoms with van der Waals surface area (Å²) in [5.41, 5.74) is 2.84. The Balaban J connectivity index is 2.17. The summed E-state index contributed by atoms with van der Waals surface area (Å²) in [6.07, 6.45) is 1.18. The molecule has 118 valence electrons. The fraction of sp³-hybridized carbons (Fsp3) is 0.667. The summed E-state index contributed by atoms with van der Waals surface area (Å²) < 4.78 is 0. The smallest absolute Gasteiger partial charge is 0.0415 e. The number of hydrogen-bond acceptors (Lipinski definition) is 3. The SMILES string of the molecule is CCCNC(C)c1ccccc1N1CC(C)C(N(C)C)C1. The van der Waals surface area contributed by atoms with Gasteiger partial charge in [-0.25, -0.2) is 0 Å². The van der Waals surface area contributed by atoms with Crippen LogP contribution in [-0.4, -0.2) is 44.7 Å². The summed E-state index contributed by atoms with van der Waals surface area (Å²) >= 11 is 0. The van der Waals surface area contributed by atoms with Crippen LogP contribution in [0.2, 0.25) is 0 Å². The highest BCUT2D eigenvalue weighted by molar-refractivity contribution is 5.56. The van der Waals surface area contributed by atoms with Gasteiger partial charge >= 0.3 is 0 Å². The van der Waals surface area contributed by atoms with E-state index in [2.05, 4.69) is 74.2 Å². The van der Waals surface area contributed by atoms with Gasteiger partial charge in [0.05, 0.1) is 0 Å². The summed E-state index contributed by atoms with van der Waals surface area (Å²) in [4.78, 5) is 4.93. The maximum atomic E-state index is 3.62. The third kappa shape index (κ3) is 3.78. The molecule has 1 aromatic carbocycles. The number of hydrogen-bond donors (Lipinski definition) is 1. The van der Waals surface area contributed by atoms with Gasteiger partial charge in [0.25, 0.3) is 0 Å². The van der Waals surface area contributed by atoms with E-state index in [1.165, 1.54) is 17.7 Å². The summed E-state index contributed by atoms with van der Waals surface area (Å²) in [5, 5.41) is 3.62. The molecule has 1 aliphatic rings. The Morgan fingerprint density at radius 2 is 2.00 bits per heavy atom. The van der Waals surface area contributed by atoms with Crippen LogP contribution in [0.1, 0.15) is 38.8 Å². The molecule has 1 aromatic rings. The number of nitrogens with zero attached hydrogens (tertiary/aromatic N) is 2. The molecule has 21 heavy (non-hydrogen) atoms. The van der Waals surface area contributed by atoms with Gasteiger partial charge in [-0.05, 0) is 51.5 Å². The first-order valence-corrected chi connectivity index (χ1v) is 8.28. The Morgan fingerprint density at radius 1 is 1.29 bits per heavy atom. The third-order valence-corrected chi connectivity index (χ3v) is 4.68. The minimum Gasteiger partial charge on any atom is -0.369 e. The Hall–Kier alpha value is -1.06. The quantitative estimate of drug-likeness (QED) is 0.868. The number of benzene rings is 1. The van der Waals surface area contributed by atoms with Crippen LogP contribution in [0.5, 0.6) is 0 Å². The molecule has 3 unspecified atom stereocenters. The van der Waals surface area contributed by atoms with Crippen molar-refractivity contribution in [3.63, 3.8) is 0 Å². The molecular formula is C18H31N3. The first-order valence-electron chi connectivity index (χ1n) is 8.28. The second-order valence-corrected chi connectivity index (χ2v) is 6.65. The molecule has 3 atom stereocenters. The van der Waals surface area contributed by atoms with Crippen molar-refractivity contribution in [3.05, 3.63) is 29.8 Å². The highest BCUT2D eigenvalue weighted by Crippen LogP contribution is 2.31. The first-order chi connectivity index (χ1) is 10.0. The van der Waals surface area contributed by atoms with E-state index in [1.54, 1.807) is 0 Å². The van der Waals surface area contributed by atoms with E-state index in [-0.39, 0.29) is 0 Å². The molecule has 3 nitrogen and oxygen atoms in total. The van der Waals surface area contributed by atoms with E-state index in [9.17, 15) is 0 Å². The number of anilines is 1. The van der Waals surface area contributed by atoms with Crippen LogP contribution in [-0.2, 0) is 0 Å². The lowest BCUT2D eigenvalue weighted by Crippen LogP contribution is -2.34. The van der Waals surface area contributed by atoms with Crippen LogP contribution in [0.15, 0.2) is 24.3 Å². The van der Waals surface area contributed by atoms with E-state index in [4.69, 9.17) is 0 Å². The summed E-state index contributed by atoms with van der Waals surface area (Å²) in [7, 11) is 4.39. The Kier molecular flexibility index (Phi) is 5.65. The number of nitrogens with one attached hydrogen (secondary N) is 1. The van der Waals surface area contributed by atoms with Gasteiger partial charge in [-0.3, -0.25) is 0 Å². The van der Waals surface area contributed by atoms with Crippen molar-refractivity contribution < 1.29 is 0 Å². The molecule has 0 amide bonds. The summed E-state index contributed by atoms with van der Waals surface area (Å²) in [6.45, 7) is 10.2. The molecule has 2 rings (SSSR count). The molecule has 0 radical (unpaired) electrons. The van der Waals surface area contributed by atoms with Gasteiger partial charge in [-0.2, -0.15) is 0 Å². The predicted molar refractivity (Wildman–Crippen MR) is 92.0 cm³/mol. The molecule has 1 heterocycles. The van der Waals surface area contributed by atoms with Gasteiger partial charge in [-0.1, -0.05) is 32.0 Å². The van der Waals surface area contributed by atoms with Gasteiger partial charge in [0.2, 0.25) is 0 Å². The van der Waals surface area contributed by atoms with Gasteiger partial charge < -0.3 is 15.1 Å². The van der Waals surface area contributed by atoms with Crippen molar-refractivity contribution in [3.8, 4) is 0 Å². The summed E-state index contributed by atoms with van der Waals surface area (Å²) in [6, 6.07) is 9.94. The highest BCUT2D eigenvalue weighted by atomic mass is 15.2. The largest absolute Gasteiger partial charge is 0.369 e. The van der Waals surface area contributed by atoms with Gasteiger partial charge in [-0.15, -0.1) is 0 Å². The average Bonchev–Trinajstić information content (AvgIpc) is 2.87. The van der Waals surface area contributed by atoms with Crippen LogP contribution in [0.4, 0.5) is 5.69 Å². The van der Waals surface area contributed by atoms with E-state index in [0.29, 0.717) is 18.0 Å². The van der Waals surface area contributed by atoms with Crippen molar-refractivity contribution in [1.82, 2.24) is 10.2 Å². The monoisotopic (exact) mass is 289 g/mol. The van der Waals surface area contributed by atoms with Crippen molar-refractivity contribution in [2.45, 2.75) is 39.3 Å². The lowest BCUT2D eigenvalue weighted by atomic mass is 10.0. The molecule has 1 fully saturated rings. The summed E-state index contributed by atoms with van der Waals surface area (Å²) in [5.74, 6) is 0.715. The van der Waals surface area contributed by atoms with Crippen molar-refractivity contribution >= 4 is 5.69 Å². The molecule has 1 N–H and O–H groups in total. The molecule has 0 aromatic heterocycles. The minimum absolute atomic E-state index is 0.412. The second kappa shape index (κ2) is 7.28. The topological polar surface area (TPSA) is 18.5 Å². The van der Waals surface area contributed by atoms with Crippen LogP contribution in [0.25, 0.3) is 0 Å². The molecular weight excluding hydrogens is 258 g/mol. The van der Waals surface area contributed by atoms with E-state index in [0.717, 1.165) is 19.6 Å².